The lowest BCUT2D eigenvalue weighted by atomic mass is 9.81. The van der Waals surface area contributed by atoms with Crippen molar-refractivity contribution in [1.29, 1.82) is 0 Å². The zero-order valence-electron chi connectivity index (χ0n) is 14.0. The van der Waals surface area contributed by atoms with Crippen molar-refractivity contribution < 1.29 is 4.74 Å². The normalized spacial score (nSPS) is 13.8. The molecule has 0 saturated heterocycles. The second-order valence-corrected chi connectivity index (χ2v) is 5.42. The molecule has 0 aliphatic rings. The molecular formula is C15H30N4O. The summed E-state index contributed by atoms with van der Waals surface area (Å²) in [4.78, 5) is 2.33. The molecule has 0 radical (unpaired) electrons. The molecule has 1 atom stereocenters. The summed E-state index contributed by atoms with van der Waals surface area (Å²) in [6, 6.07) is 0.181. The Morgan fingerprint density at radius 2 is 1.95 bits per heavy atom. The van der Waals surface area contributed by atoms with Gasteiger partial charge < -0.3 is 15.0 Å². The van der Waals surface area contributed by atoms with Crippen LogP contribution in [-0.2, 0) is 7.05 Å². The monoisotopic (exact) mass is 282 g/mol. The Bertz CT molecular complexity index is 410. The van der Waals surface area contributed by atoms with E-state index in [-0.39, 0.29) is 11.6 Å². The first kappa shape index (κ1) is 17.0. The summed E-state index contributed by atoms with van der Waals surface area (Å²) in [7, 11) is 7.99. The van der Waals surface area contributed by atoms with E-state index in [4.69, 9.17) is 4.74 Å². The van der Waals surface area contributed by atoms with Crippen molar-refractivity contribution in [2.24, 2.45) is 7.05 Å². The van der Waals surface area contributed by atoms with Crippen LogP contribution in [0, 0.1) is 0 Å². The fourth-order valence-electron chi connectivity index (χ4n) is 3.21. The summed E-state index contributed by atoms with van der Waals surface area (Å²) in [5.74, 6) is 0.853. The Labute approximate surface area is 123 Å². The number of nitrogens with one attached hydrogen (secondary N) is 1. The number of nitrogens with zero attached hydrogens (tertiary/aromatic N) is 3. The maximum absolute atomic E-state index is 5.52. The van der Waals surface area contributed by atoms with Crippen LogP contribution >= 0.6 is 0 Å². The molecule has 0 aromatic carbocycles. The number of aromatic nitrogens is 2. The van der Waals surface area contributed by atoms with Gasteiger partial charge in [0.25, 0.3) is 0 Å². The molecule has 1 unspecified atom stereocenters. The molecule has 1 heterocycles. The van der Waals surface area contributed by atoms with Gasteiger partial charge >= 0.3 is 0 Å². The summed E-state index contributed by atoms with van der Waals surface area (Å²) < 4.78 is 7.44. The Balaban J connectivity index is 3.38. The van der Waals surface area contributed by atoms with E-state index in [1.807, 2.05) is 11.7 Å². The first-order chi connectivity index (χ1) is 9.48. The highest BCUT2D eigenvalue weighted by Crippen LogP contribution is 2.39. The number of ether oxygens (including phenoxy) is 1. The third kappa shape index (κ3) is 2.83. The van der Waals surface area contributed by atoms with Gasteiger partial charge in [-0.2, -0.15) is 5.10 Å². The third-order valence-corrected chi connectivity index (χ3v) is 4.50. The Kier molecular flexibility index (Phi) is 6.02. The number of hydrogen-bond donors (Lipinski definition) is 1. The quantitative estimate of drug-likeness (QED) is 0.794. The van der Waals surface area contributed by atoms with Gasteiger partial charge in [-0.05, 0) is 33.5 Å². The van der Waals surface area contributed by atoms with E-state index in [1.54, 1.807) is 13.3 Å². The van der Waals surface area contributed by atoms with E-state index < -0.39 is 0 Å². The van der Waals surface area contributed by atoms with Gasteiger partial charge in [0, 0.05) is 12.6 Å². The van der Waals surface area contributed by atoms with Crippen LogP contribution in [0.2, 0.25) is 0 Å². The molecule has 1 aromatic rings. The predicted molar refractivity (Wildman–Crippen MR) is 83.2 cm³/mol. The average molecular weight is 282 g/mol. The molecule has 0 amide bonds. The van der Waals surface area contributed by atoms with Crippen molar-refractivity contribution in [3.8, 4) is 5.75 Å². The van der Waals surface area contributed by atoms with Crippen LogP contribution in [-0.4, -0.2) is 48.0 Å². The maximum Gasteiger partial charge on any atom is 0.161 e. The topological polar surface area (TPSA) is 42.3 Å². The number of hydrogen-bond acceptors (Lipinski definition) is 4. The van der Waals surface area contributed by atoms with E-state index in [0.29, 0.717) is 0 Å². The molecule has 5 heteroatoms. The summed E-state index contributed by atoms with van der Waals surface area (Å²) in [5, 5.41) is 8.01. The van der Waals surface area contributed by atoms with Crippen LogP contribution in [0.1, 0.15) is 45.3 Å². The predicted octanol–water partition coefficient (Wildman–Crippen LogP) is 2.20. The molecule has 0 bridgehead atoms. The number of methoxy groups -OCH3 is 1. The van der Waals surface area contributed by atoms with Crippen molar-refractivity contribution in [3.63, 3.8) is 0 Å². The number of likely N-dealkylation sites (N-methyl/N-ethyl adjacent to an activating group) is 2. The maximum atomic E-state index is 5.52. The molecule has 20 heavy (non-hydrogen) atoms. The van der Waals surface area contributed by atoms with Gasteiger partial charge in [-0.25, -0.2) is 0 Å². The highest BCUT2D eigenvalue weighted by molar-refractivity contribution is 5.31. The van der Waals surface area contributed by atoms with Gasteiger partial charge in [0.15, 0.2) is 5.75 Å². The van der Waals surface area contributed by atoms with E-state index in [9.17, 15) is 0 Å². The van der Waals surface area contributed by atoms with E-state index in [2.05, 4.69) is 50.2 Å². The smallest absolute Gasteiger partial charge is 0.161 e. The fourth-order valence-corrected chi connectivity index (χ4v) is 3.21. The minimum Gasteiger partial charge on any atom is -0.493 e. The second kappa shape index (κ2) is 7.09. The van der Waals surface area contributed by atoms with Crippen LogP contribution in [0.4, 0.5) is 0 Å². The minimum atomic E-state index is 0.0388. The van der Waals surface area contributed by atoms with Gasteiger partial charge in [0.2, 0.25) is 0 Å². The van der Waals surface area contributed by atoms with Crippen LogP contribution < -0.4 is 10.1 Å². The number of rotatable bonds is 8. The second-order valence-electron chi connectivity index (χ2n) is 5.42. The van der Waals surface area contributed by atoms with E-state index in [1.165, 1.54) is 0 Å². The highest BCUT2D eigenvalue weighted by Gasteiger charge is 2.41. The lowest BCUT2D eigenvalue weighted by Crippen LogP contribution is -2.53. The van der Waals surface area contributed by atoms with Gasteiger partial charge in [0.1, 0.15) is 0 Å². The average Bonchev–Trinajstić information content (AvgIpc) is 2.80. The molecule has 5 nitrogen and oxygen atoms in total. The van der Waals surface area contributed by atoms with Crippen LogP contribution in [0.25, 0.3) is 0 Å². The molecule has 116 valence electrons. The zero-order chi connectivity index (χ0) is 15.3. The third-order valence-electron chi connectivity index (χ3n) is 4.50. The molecular weight excluding hydrogens is 252 g/mol. The molecule has 1 rings (SSSR count). The number of aryl methyl sites for hydroxylation is 1. The van der Waals surface area contributed by atoms with Crippen LogP contribution in [0.3, 0.4) is 0 Å². The summed E-state index contributed by atoms with van der Waals surface area (Å²) in [6.07, 6.45) is 3.91. The summed E-state index contributed by atoms with van der Waals surface area (Å²) in [5.41, 5.74) is 1.16. The van der Waals surface area contributed by atoms with E-state index >= 15 is 0 Å². The van der Waals surface area contributed by atoms with Crippen molar-refractivity contribution in [2.45, 2.75) is 45.2 Å². The van der Waals surface area contributed by atoms with Gasteiger partial charge in [-0.3, -0.25) is 4.68 Å². The fraction of sp³-hybridized carbons (Fsp3) is 0.800. The highest BCUT2D eigenvalue weighted by atomic mass is 16.5. The van der Waals surface area contributed by atoms with Crippen molar-refractivity contribution in [1.82, 2.24) is 20.0 Å². The van der Waals surface area contributed by atoms with Crippen molar-refractivity contribution in [3.05, 3.63) is 11.9 Å². The summed E-state index contributed by atoms with van der Waals surface area (Å²) >= 11 is 0. The molecule has 0 fully saturated rings. The minimum absolute atomic E-state index is 0.0388. The SMILES string of the molecule is CCNC(c1c(OC)cnn1C)C(CC)(CC)N(C)C. The van der Waals surface area contributed by atoms with Gasteiger partial charge in [-0.15, -0.1) is 0 Å². The lowest BCUT2D eigenvalue weighted by molar-refractivity contribution is 0.0839. The molecule has 0 saturated carbocycles. The van der Waals surface area contributed by atoms with Crippen LogP contribution in [0.5, 0.6) is 5.75 Å². The van der Waals surface area contributed by atoms with Crippen molar-refractivity contribution >= 4 is 0 Å². The van der Waals surface area contributed by atoms with E-state index in [0.717, 1.165) is 30.8 Å². The first-order valence-electron chi connectivity index (χ1n) is 7.45. The lowest BCUT2D eigenvalue weighted by Gasteiger charge is -2.45. The van der Waals surface area contributed by atoms with Crippen LogP contribution in [0.15, 0.2) is 6.20 Å². The van der Waals surface area contributed by atoms with Gasteiger partial charge in [0.05, 0.1) is 25.0 Å². The molecule has 1 N–H and O–H groups in total. The molecule has 1 aromatic heterocycles. The zero-order valence-corrected chi connectivity index (χ0v) is 14.0. The largest absolute Gasteiger partial charge is 0.493 e. The standard InChI is InChI=1S/C15H30N4O/c1-8-15(9-2,18(4)5)14(16-10-3)13-12(20-7)11-17-19(13)6/h11,14,16H,8-10H2,1-7H3. The Morgan fingerprint density at radius 1 is 1.35 bits per heavy atom. The van der Waals surface area contributed by atoms with Crippen molar-refractivity contribution in [2.75, 3.05) is 27.7 Å². The Morgan fingerprint density at radius 3 is 2.35 bits per heavy atom. The summed E-state index contributed by atoms with van der Waals surface area (Å²) in [6.45, 7) is 7.55. The molecule has 0 aliphatic carbocycles. The Hall–Kier alpha value is -1.07. The molecule has 0 spiro atoms. The van der Waals surface area contributed by atoms with Gasteiger partial charge in [-0.1, -0.05) is 20.8 Å². The molecule has 0 aliphatic heterocycles. The first-order valence-corrected chi connectivity index (χ1v) is 7.45.